The summed E-state index contributed by atoms with van der Waals surface area (Å²) in [7, 11) is 0. The van der Waals surface area contributed by atoms with Gasteiger partial charge in [-0.1, -0.05) is 26.7 Å². The van der Waals surface area contributed by atoms with Gasteiger partial charge in [0.2, 0.25) is 5.91 Å². The molecular weight excluding hydrogens is 188 g/mol. The molecule has 1 amide bonds. The second-order valence-electron chi connectivity index (χ2n) is 5.56. The van der Waals surface area contributed by atoms with Gasteiger partial charge in [0.1, 0.15) is 0 Å². The van der Waals surface area contributed by atoms with Crippen molar-refractivity contribution >= 4 is 5.91 Å². The van der Waals surface area contributed by atoms with E-state index in [0.29, 0.717) is 17.7 Å². The van der Waals surface area contributed by atoms with Crippen molar-refractivity contribution in [2.24, 2.45) is 17.6 Å². The van der Waals surface area contributed by atoms with Crippen LogP contribution >= 0.6 is 0 Å². The third-order valence-corrected chi connectivity index (χ3v) is 4.14. The molecule has 1 aliphatic heterocycles. The third kappa shape index (κ3) is 1.89. The van der Waals surface area contributed by atoms with E-state index < -0.39 is 0 Å². The van der Waals surface area contributed by atoms with E-state index in [0.717, 1.165) is 25.9 Å². The summed E-state index contributed by atoms with van der Waals surface area (Å²) in [6, 6.07) is 0. The molecule has 0 aromatic heterocycles. The van der Waals surface area contributed by atoms with Gasteiger partial charge >= 0.3 is 0 Å². The van der Waals surface area contributed by atoms with E-state index in [9.17, 15) is 4.79 Å². The van der Waals surface area contributed by atoms with Crippen molar-refractivity contribution in [2.45, 2.75) is 45.1 Å². The SMILES string of the molecule is CC(C)C1(N)CN(C(=O)C2CCCC2)C1. The number of hydrogen-bond donors (Lipinski definition) is 1. The van der Waals surface area contributed by atoms with Crippen LogP contribution in [0.5, 0.6) is 0 Å². The second kappa shape index (κ2) is 3.78. The predicted octanol–water partition coefficient (Wildman–Crippen LogP) is 1.37. The van der Waals surface area contributed by atoms with E-state index in [2.05, 4.69) is 13.8 Å². The Morgan fingerprint density at radius 2 is 1.87 bits per heavy atom. The molecular formula is C12H22N2O. The topological polar surface area (TPSA) is 46.3 Å². The maximum atomic E-state index is 12.0. The van der Waals surface area contributed by atoms with Crippen molar-refractivity contribution in [3.63, 3.8) is 0 Å². The summed E-state index contributed by atoms with van der Waals surface area (Å²) in [5.41, 5.74) is 6.06. The van der Waals surface area contributed by atoms with Gasteiger partial charge in [-0.2, -0.15) is 0 Å². The lowest BCUT2D eigenvalue weighted by Crippen LogP contribution is -2.71. The maximum Gasteiger partial charge on any atom is 0.225 e. The molecule has 2 aliphatic rings. The Kier molecular flexibility index (Phi) is 2.75. The van der Waals surface area contributed by atoms with Crippen molar-refractivity contribution in [3.8, 4) is 0 Å². The molecule has 1 aliphatic carbocycles. The lowest BCUT2D eigenvalue weighted by molar-refractivity contribution is -0.144. The van der Waals surface area contributed by atoms with E-state index >= 15 is 0 Å². The van der Waals surface area contributed by atoms with E-state index in [1.165, 1.54) is 12.8 Å². The molecule has 0 radical (unpaired) electrons. The van der Waals surface area contributed by atoms with Crippen LogP contribution in [0.1, 0.15) is 39.5 Å². The first kappa shape index (κ1) is 10.9. The average molecular weight is 210 g/mol. The molecule has 0 unspecified atom stereocenters. The molecule has 1 saturated carbocycles. The van der Waals surface area contributed by atoms with Gasteiger partial charge in [0, 0.05) is 19.0 Å². The van der Waals surface area contributed by atoms with Crippen molar-refractivity contribution < 1.29 is 4.79 Å². The van der Waals surface area contributed by atoms with Crippen LogP contribution in [0, 0.1) is 11.8 Å². The van der Waals surface area contributed by atoms with Gasteiger partial charge < -0.3 is 10.6 Å². The van der Waals surface area contributed by atoms with Gasteiger partial charge in [0.15, 0.2) is 0 Å². The average Bonchev–Trinajstić information content (AvgIpc) is 2.64. The number of nitrogens with two attached hydrogens (primary N) is 1. The fourth-order valence-electron chi connectivity index (χ4n) is 2.62. The number of carbonyl (C=O) groups is 1. The minimum atomic E-state index is -0.117. The number of likely N-dealkylation sites (tertiary alicyclic amines) is 1. The largest absolute Gasteiger partial charge is 0.339 e. The molecule has 3 heteroatoms. The van der Waals surface area contributed by atoms with Gasteiger partial charge in [0.05, 0.1) is 5.54 Å². The van der Waals surface area contributed by atoms with Crippen molar-refractivity contribution in [2.75, 3.05) is 13.1 Å². The minimum Gasteiger partial charge on any atom is -0.339 e. The highest BCUT2D eigenvalue weighted by atomic mass is 16.2. The van der Waals surface area contributed by atoms with E-state index in [4.69, 9.17) is 5.73 Å². The molecule has 2 rings (SSSR count). The first-order valence-electron chi connectivity index (χ1n) is 6.10. The summed E-state index contributed by atoms with van der Waals surface area (Å²) in [6.07, 6.45) is 4.63. The molecule has 0 atom stereocenters. The fraction of sp³-hybridized carbons (Fsp3) is 0.917. The van der Waals surface area contributed by atoms with Crippen LogP contribution in [0.25, 0.3) is 0 Å². The highest BCUT2D eigenvalue weighted by Crippen LogP contribution is 2.32. The highest BCUT2D eigenvalue weighted by molar-refractivity contribution is 5.80. The summed E-state index contributed by atoms with van der Waals surface area (Å²) in [4.78, 5) is 14.0. The molecule has 3 nitrogen and oxygen atoms in total. The first-order chi connectivity index (χ1) is 7.03. The smallest absolute Gasteiger partial charge is 0.225 e. The van der Waals surface area contributed by atoms with E-state index in [-0.39, 0.29) is 5.54 Å². The molecule has 1 saturated heterocycles. The Morgan fingerprint density at radius 3 is 2.33 bits per heavy atom. The molecule has 0 aromatic rings. The van der Waals surface area contributed by atoms with Gasteiger partial charge in [-0.3, -0.25) is 4.79 Å². The summed E-state index contributed by atoms with van der Waals surface area (Å²) in [5, 5.41) is 0. The van der Waals surface area contributed by atoms with Gasteiger partial charge in [-0.15, -0.1) is 0 Å². The standard InChI is InChI=1S/C12H22N2O/c1-9(2)12(13)7-14(8-12)11(15)10-5-3-4-6-10/h9-10H,3-8,13H2,1-2H3. The van der Waals surface area contributed by atoms with Crippen LogP contribution in [0.15, 0.2) is 0 Å². The summed E-state index contributed by atoms with van der Waals surface area (Å²) < 4.78 is 0. The highest BCUT2D eigenvalue weighted by Gasteiger charge is 2.45. The molecule has 2 N–H and O–H groups in total. The minimum absolute atomic E-state index is 0.117. The molecule has 0 spiro atoms. The zero-order valence-corrected chi connectivity index (χ0v) is 9.83. The molecule has 1 heterocycles. The molecule has 2 fully saturated rings. The Labute approximate surface area is 92.0 Å². The number of nitrogens with zero attached hydrogens (tertiary/aromatic N) is 1. The summed E-state index contributed by atoms with van der Waals surface area (Å²) in [5.74, 6) is 1.13. The van der Waals surface area contributed by atoms with Crippen LogP contribution in [-0.2, 0) is 4.79 Å². The Bertz CT molecular complexity index is 250. The van der Waals surface area contributed by atoms with Crippen molar-refractivity contribution in [1.82, 2.24) is 4.90 Å². The number of carbonyl (C=O) groups excluding carboxylic acids is 1. The number of rotatable bonds is 2. The van der Waals surface area contributed by atoms with Gasteiger partial charge in [-0.25, -0.2) is 0 Å². The van der Waals surface area contributed by atoms with E-state index in [1.807, 2.05) is 4.90 Å². The zero-order valence-electron chi connectivity index (χ0n) is 9.83. The van der Waals surface area contributed by atoms with Crippen LogP contribution in [0.3, 0.4) is 0 Å². The summed E-state index contributed by atoms with van der Waals surface area (Å²) in [6.45, 7) is 5.80. The Morgan fingerprint density at radius 1 is 1.33 bits per heavy atom. The first-order valence-corrected chi connectivity index (χ1v) is 6.10. The molecule has 0 aromatic carbocycles. The van der Waals surface area contributed by atoms with Crippen molar-refractivity contribution in [3.05, 3.63) is 0 Å². The molecule has 15 heavy (non-hydrogen) atoms. The third-order valence-electron chi connectivity index (χ3n) is 4.14. The van der Waals surface area contributed by atoms with Crippen LogP contribution < -0.4 is 5.73 Å². The molecule has 86 valence electrons. The Balaban J connectivity index is 1.86. The quantitative estimate of drug-likeness (QED) is 0.748. The van der Waals surface area contributed by atoms with Crippen LogP contribution in [0.2, 0.25) is 0 Å². The second-order valence-corrected chi connectivity index (χ2v) is 5.56. The Hall–Kier alpha value is -0.570. The lowest BCUT2D eigenvalue weighted by atomic mass is 9.79. The monoisotopic (exact) mass is 210 g/mol. The molecule has 0 bridgehead atoms. The normalized spacial score (nSPS) is 25.7. The maximum absolute atomic E-state index is 12.0. The number of hydrogen-bond acceptors (Lipinski definition) is 2. The summed E-state index contributed by atoms with van der Waals surface area (Å²) >= 11 is 0. The predicted molar refractivity (Wildman–Crippen MR) is 60.3 cm³/mol. The van der Waals surface area contributed by atoms with Gasteiger partial charge in [-0.05, 0) is 18.8 Å². The van der Waals surface area contributed by atoms with E-state index in [1.54, 1.807) is 0 Å². The lowest BCUT2D eigenvalue weighted by Gasteiger charge is -2.51. The number of amides is 1. The van der Waals surface area contributed by atoms with Crippen LogP contribution in [-0.4, -0.2) is 29.4 Å². The fourth-order valence-corrected chi connectivity index (χ4v) is 2.62. The zero-order chi connectivity index (χ0) is 11.1. The van der Waals surface area contributed by atoms with Crippen LogP contribution in [0.4, 0.5) is 0 Å². The van der Waals surface area contributed by atoms with Gasteiger partial charge in [0.25, 0.3) is 0 Å². The van der Waals surface area contributed by atoms with Crippen molar-refractivity contribution in [1.29, 1.82) is 0 Å².